The quantitative estimate of drug-likeness (QED) is 0.274. The highest BCUT2D eigenvalue weighted by atomic mass is 19.1. The highest BCUT2D eigenvalue weighted by molar-refractivity contribution is 5.72. The number of carbonyl (C=O) groups is 2. The van der Waals surface area contributed by atoms with Gasteiger partial charge in [-0.05, 0) is 54.4 Å². The average Bonchev–Trinajstić information content (AvgIpc) is 3.87. The summed E-state index contributed by atoms with van der Waals surface area (Å²) < 4.78 is 24.8. The molecule has 0 radical (unpaired) electrons. The molecule has 1 saturated carbocycles. The normalized spacial score (nSPS) is 10.6. The van der Waals surface area contributed by atoms with E-state index in [4.69, 9.17) is 9.47 Å². The number of nitrogens with one attached hydrogen (secondary N) is 2. The van der Waals surface area contributed by atoms with E-state index in [0.29, 0.717) is 30.9 Å². The van der Waals surface area contributed by atoms with Gasteiger partial charge in [-0.15, -0.1) is 0 Å². The number of aryl methyl sites for hydroxylation is 1. The minimum atomic E-state index is -0.592. The number of nitrogens with zero attached hydrogens (tertiary/aromatic N) is 2. The van der Waals surface area contributed by atoms with Crippen molar-refractivity contribution >= 4 is 24.3 Å². The van der Waals surface area contributed by atoms with E-state index in [2.05, 4.69) is 15.6 Å². The molecule has 1 fully saturated rings. The Morgan fingerprint density at radius 2 is 1.63 bits per heavy atom. The van der Waals surface area contributed by atoms with E-state index < -0.39 is 5.82 Å². The second-order valence-corrected chi connectivity index (χ2v) is 8.66. The first-order chi connectivity index (χ1) is 19.9. The molecule has 0 spiro atoms. The summed E-state index contributed by atoms with van der Waals surface area (Å²) in [6.07, 6.45) is 8.75. The number of rotatable bonds is 8. The van der Waals surface area contributed by atoms with Crippen molar-refractivity contribution in [1.82, 2.24) is 9.55 Å². The van der Waals surface area contributed by atoms with Crippen molar-refractivity contribution in [2.75, 3.05) is 24.9 Å². The molecular formula is C31H35FN4O5. The van der Waals surface area contributed by atoms with Crippen LogP contribution in [-0.2, 0) is 20.9 Å². The Morgan fingerprint density at radius 1 is 0.927 bits per heavy atom. The molecule has 41 heavy (non-hydrogen) atoms. The summed E-state index contributed by atoms with van der Waals surface area (Å²) in [6, 6.07) is 20.3. The summed E-state index contributed by atoms with van der Waals surface area (Å²) in [5.74, 6) is 0.871. The monoisotopic (exact) mass is 562 g/mol. The van der Waals surface area contributed by atoms with Gasteiger partial charge < -0.3 is 20.1 Å². The molecule has 0 atom stereocenters. The molecule has 2 N–H and O–H groups in total. The van der Waals surface area contributed by atoms with Gasteiger partial charge in [-0.3, -0.25) is 19.0 Å². The molecule has 9 nitrogen and oxygen atoms in total. The minimum Gasteiger partial charge on any atom is -0.497 e. The molecule has 2 aromatic heterocycles. The Hall–Kier alpha value is -4.83. The number of carbonyl (C=O) groups excluding carboxylic acids is 2. The van der Waals surface area contributed by atoms with Gasteiger partial charge in [0.05, 0.1) is 25.1 Å². The summed E-state index contributed by atoms with van der Waals surface area (Å²) in [5.41, 5.74) is 2.48. The van der Waals surface area contributed by atoms with Crippen molar-refractivity contribution in [2.45, 2.75) is 32.8 Å². The zero-order valence-electron chi connectivity index (χ0n) is 23.4. The van der Waals surface area contributed by atoms with Gasteiger partial charge in [0.15, 0.2) is 0 Å². The maximum atomic E-state index is 13.5. The molecule has 1 aliphatic rings. The first-order valence-electron chi connectivity index (χ1n) is 12.8. The third-order valence-corrected chi connectivity index (χ3v) is 5.21. The van der Waals surface area contributed by atoms with Crippen LogP contribution >= 0.6 is 0 Å². The first-order valence-corrected chi connectivity index (χ1v) is 12.8. The SMILES string of the molecule is C1CC1.COCc1ccc(OC)cc1.Cc1ccc(NC=O)nc1.O=CNc1ccc(-n2ccccc2=O)cc1F. The van der Waals surface area contributed by atoms with Crippen LogP contribution in [0.25, 0.3) is 5.69 Å². The summed E-state index contributed by atoms with van der Waals surface area (Å²) >= 11 is 0. The second kappa shape index (κ2) is 18.5. The van der Waals surface area contributed by atoms with Crippen molar-refractivity contribution in [3.05, 3.63) is 112 Å². The molecule has 2 amide bonds. The van der Waals surface area contributed by atoms with E-state index in [-0.39, 0.29) is 11.2 Å². The molecule has 1 aliphatic carbocycles. The van der Waals surface area contributed by atoms with Gasteiger partial charge in [0.25, 0.3) is 5.56 Å². The third kappa shape index (κ3) is 12.7. The van der Waals surface area contributed by atoms with Gasteiger partial charge in [0.2, 0.25) is 12.8 Å². The summed E-state index contributed by atoms with van der Waals surface area (Å²) in [4.78, 5) is 35.5. The van der Waals surface area contributed by atoms with Crippen LogP contribution in [0.1, 0.15) is 30.4 Å². The molecule has 0 aliphatic heterocycles. The van der Waals surface area contributed by atoms with E-state index in [1.165, 1.54) is 42.0 Å². The lowest BCUT2D eigenvalue weighted by Gasteiger charge is -2.07. The second-order valence-electron chi connectivity index (χ2n) is 8.66. The number of halogens is 1. The smallest absolute Gasteiger partial charge is 0.255 e. The Morgan fingerprint density at radius 3 is 2.15 bits per heavy atom. The molecule has 2 heterocycles. The van der Waals surface area contributed by atoms with Crippen LogP contribution in [0.4, 0.5) is 15.9 Å². The fourth-order valence-corrected chi connectivity index (χ4v) is 2.98. The standard InChI is InChI=1S/C12H9FN2O2.C9H12O2.C7H8N2O.C3H6/c13-10-7-9(4-5-11(10)14-8-16)15-6-2-1-3-12(15)17;1-10-7-8-3-5-9(11-2)6-4-8;1-6-2-3-7(8-4-6)9-5-10;1-2-3-1/h1-8H,(H,14,16);3-6H,7H2,1-2H3;2-5H,1H3,(H,8,9,10);1-3H2. The first kappa shape index (κ1) is 32.4. The van der Waals surface area contributed by atoms with Gasteiger partial charge in [0, 0.05) is 31.6 Å². The van der Waals surface area contributed by atoms with Gasteiger partial charge in [-0.25, -0.2) is 9.37 Å². The van der Waals surface area contributed by atoms with E-state index in [9.17, 15) is 18.8 Å². The Labute approximate surface area is 239 Å². The van der Waals surface area contributed by atoms with E-state index in [0.717, 1.165) is 16.9 Å². The van der Waals surface area contributed by atoms with Crippen LogP contribution in [0.2, 0.25) is 0 Å². The maximum absolute atomic E-state index is 13.5. The molecule has 0 unspecified atom stereocenters. The Balaban J connectivity index is 0.000000213. The molecule has 5 rings (SSSR count). The van der Waals surface area contributed by atoms with Crippen LogP contribution in [-0.4, -0.2) is 36.6 Å². The maximum Gasteiger partial charge on any atom is 0.255 e. The number of methoxy groups -OCH3 is 2. The van der Waals surface area contributed by atoms with Crippen molar-refractivity contribution < 1.29 is 23.5 Å². The Kier molecular flexibility index (Phi) is 14.6. The van der Waals surface area contributed by atoms with Crippen LogP contribution in [0.15, 0.2) is 90.0 Å². The molecule has 0 bridgehead atoms. The molecule has 216 valence electrons. The van der Waals surface area contributed by atoms with Crippen LogP contribution in [0, 0.1) is 12.7 Å². The zero-order valence-corrected chi connectivity index (χ0v) is 23.4. The highest BCUT2D eigenvalue weighted by Crippen LogP contribution is 2.17. The summed E-state index contributed by atoms with van der Waals surface area (Å²) in [7, 11) is 3.34. The number of hydrogen-bond donors (Lipinski definition) is 2. The highest BCUT2D eigenvalue weighted by Gasteiger charge is 2.04. The fourth-order valence-electron chi connectivity index (χ4n) is 2.98. The summed E-state index contributed by atoms with van der Waals surface area (Å²) in [5, 5.41) is 4.67. The van der Waals surface area contributed by atoms with Gasteiger partial charge in [0.1, 0.15) is 17.4 Å². The lowest BCUT2D eigenvalue weighted by atomic mass is 10.2. The summed E-state index contributed by atoms with van der Waals surface area (Å²) in [6.45, 7) is 2.60. The molecule has 10 heteroatoms. The average molecular weight is 563 g/mol. The molecule has 0 saturated heterocycles. The molecule has 4 aromatic rings. The van der Waals surface area contributed by atoms with Crippen LogP contribution in [0.5, 0.6) is 5.75 Å². The number of hydrogen-bond acceptors (Lipinski definition) is 6. The fraction of sp³-hybridized carbons (Fsp3) is 0.226. The van der Waals surface area contributed by atoms with Crippen molar-refractivity contribution in [2.24, 2.45) is 0 Å². The van der Waals surface area contributed by atoms with Gasteiger partial charge >= 0.3 is 0 Å². The van der Waals surface area contributed by atoms with Crippen molar-refractivity contribution in [3.63, 3.8) is 0 Å². The van der Waals surface area contributed by atoms with Crippen molar-refractivity contribution in [3.8, 4) is 11.4 Å². The van der Waals surface area contributed by atoms with E-state index >= 15 is 0 Å². The number of ether oxygens (including phenoxy) is 2. The lowest BCUT2D eigenvalue weighted by molar-refractivity contribution is -0.106. The van der Waals surface area contributed by atoms with Crippen LogP contribution < -0.4 is 20.9 Å². The number of aromatic nitrogens is 2. The number of anilines is 2. The number of amides is 2. The Bertz CT molecular complexity index is 1390. The largest absolute Gasteiger partial charge is 0.497 e. The van der Waals surface area contributed by atoms with Gasteiger partial charge in [-0.2, -0.15) is 0 Å². The number of pyridine rings is 2. The third-order valence-electron chi connectivity index (χ3n) is 5.21. The molecular weight excluding hydrogens is 527 g/mol. The topological polar surface area (TPSA) is 112 Å². The minimum absolute atomic E-state index is 0.0766. The predicted molar refractivity (Wildman–Crippen MR) is 158 cm³/mol. The predicted octanol–water partition coefficient (Wildman–Crippen LogP) is 5.52. The van der Waals surface area contributed by atoms with Gasteiger partial charge in [-0.1, -0.05) is 43.5 Å². The number of benzene rings is 2. The van der Waals surface area contributed by atoms with E-state index in [1.54, 1.807) is 50.9 Å². The lowest BCUT2D eigenvalue weighted by Crippen LogP contribution is -2.15. The van der Waals surface area contributed by atoms with E-state index in [1.807, 2.05) is 37.3 Å². The van der Waals surface area contributed by atoms with Crippen LogP contribution in [0.3, 0.4) is 0 Å². The zero-order chi connectivity index (χ0) is 29.9. The van der Waals surface area contributed by atoms with Crippen molar-refractivity contribution in [1.29, 1.82) is 0 Å². The molecule has 2 aromatic carbocycles.